The molecule has 1 heterocycles. The molecule has 1 aliphatic heterocycles. The van der Waals surface area contributed by atoms with Gasteiger partial charge in [0, 0.05) is 33.8 Å². The lowest BCUT2D eigenvalue weighted by Gasteiger charge is -2.29. The first kappa shape index (κ1) is 16.2. The summed E-state index contributed by atoms with van der Waals surface area (Å²) in [5.74, 6) is 1.50. The van der Waals surface area contributed by atoms with Crippen LogP contribution in [0.5, 0.6) is 0 Å². The van der Waals surface area contributed by atoms with Crippen molar-refractivity contribution >= 4 is 5.96 Å². The molecular weight excluding hydrogens is 240 g/mol. The Labute approximate surface area is 117 Å². The molecule has 1 rings (SSSR count). The lowest BCUT2D eigenvalue weighted by molar-refractivity contribution is 0.200. The molecule has 1 aliphatic rings. The Morgan fingerprint density at radius 3 is 2.63 bits per heavy atom. The largest absolute Gasteiger partial charge is 0.383 e. The second-order valence-corrected chi connectivity index (χ2v) is 5.34. The maximum Gasteiger partial charge on any atom is 0.191 e. The van der Waals surface area contributed by atoms with E-state index in [1.807, 2.05) is 0 Å². The zero-order valence-corrected chi connectivity index (χ0v) is 12.7. The summed E-state index contributed by atoms with van der Waals surface area (Å²) in [5.41, 5.74) is 0. The number of nitrogens with one attached hydrogen (secondary N) is 2. The third kappa shape index (κ3) is 7.38. The zero-order valence-electron chi connectivity index (χ0n) is 12.7. The van der Waals surface area contributed by atoms with Crippen LogP contribution in [0.2, 0.25) is 0 Å². The average molecular weight is 270 g/mol. The van der Waals surface area contributed by atoms with Crippen LogP contribution in [0.3, 0.4) is 0 Å². The van der Waals surface area contributed by atoms with Gasteiger partial charge < -0.3 is 20.3 Å². The third-order valence-corrected chi connectivity index (χ3v) is 3.46. The highest BCUT2D eigenvalue weighted by atomic mass is 16.5. The topological polar surface area (TPSA) is 48.9 Å². The van der Waals surface area contributed by atoms with Crippen LogP contribution in [-0.4, -0.2) is 64.3 Å². The fourth-order valence-electron chi connectivity index (χ4n) is 2.41. The number of hydrogen-bond donors (Lipinski definition) is 2. The molecule has 2 N–H and O–H groups in total. The summed E-state index contributed by atoms with van der Waals surface area (Å²) in [6.45, 7) is 8.46. The van der Waals surface area contributed by atoms with Crippen molar-refractivity contribution in [1.29, 1.82) is 0 Å². The second-order valence-electron chi connectivity index (χ2n) is 5.34. The summed E-state index contributed by atoms with van der Waals surface area (Å²) < 4.78 is 5.01. The predicted octanol–water partition coefficient (Wildman–Crippen LogP) is 0.920. The molecule has 0 aromatic carbocycles. The smallest absolute Gasteiger partial charge is 0.191 e. The molecule has 0 radical (unpaired) electrons. The molecule has 1 unspecified atom stereocenters. The Balaban J connectivity index is 2.14. The van der Waals surface area contributed by atoms with E-state index in [1.165, 1.54) is 38.9 Å². The van der Waals surface area contributed by atoms with Crippen molar-refractivity contribution in [3.63, 3.8) is 0 Å². The fraction of sp³-hybridized carbons (Fsp3) is 0.929. The first-order valence-corrected chi connectivity index (χ1v) is 7.42. The molecule has 5 nitrogen and oxygen atoms in total. The molecule has 1 saturated heterocycles. The lowest BCUT2D eigenvalue weighted by Crippen LogP contribution is -2.43. The van der Waals surface area contributed by atoms with Gasteiger partial charge in [0.05, 0.1) is 6.61 Å². The Bertz CT molecular complexity index is 252. The summed E-state index contributed by atoms with van der Waals surface area (Å²) in [6.07, 6.45) is 4.12. The summed E-state index contributed by atoms with van der Waals surface area (Å²) in [7, 11) is 3.51. The summed E-state index contributed by atoms with van der Waals surface area (Å²) in [4.78, 5) is 6.78. The van der Waals surface area contributed by atoms with E-state index in [0.29, 0.717) is 12.5 Å². The van der Waals surface area contributed by atoms with Gasteiger partial charge in [0.1, 0.15) is 0 Å². The molecule has 112 valence electrons. The monoisotopic (exact) mass is 270 g/mol. The van der Waals surface area contributed by atoms with E-state index in [9.17, 15) is 0 Å². The molecule has 19 heavy (non-hydrogen) atoms. The van der Waals surface area contributed by atoms with Gasteiger partial charge in [-0.3, -0.25) is 4.99 Å². The Morgan fingerprint density at radius 1 is 1.26 bits per heavy atom. The third-order valence-electron chi connectivity index (χ3n) is 3.46. The van der Waals surface area contributed by atoms with Gasteiger partial charge in [-0.1, -0.05) is 13.3 Å². The number of likely N-dealkylation sites (tertiary alicyclic amines) is 1. The van der Waals surface area contributed by atoms with Gasteiger partial charge in [0.25, 0.3) is 0 Å². The van der Waals surface area contributed by atoms with Crippen molar-refractivity contribution in [1.82, 2.24) is 15.5 Å². The molecule has 0 aromatic heterocycles. The van der Waals surface area contributed by atoms with Crippen LogP contribution in [0.4, 0.5) is 0 Å². The lowest BCUT2D eigenvalue weighted by atomic mass is 10.1. The van der Waals surface area contributed by atoms with Crippen molar-refractivity contribution in [2.45, 2.75) is 26.2 Å². The average Bonchev–Trinajstić information content (AvgIpc) is 2.44. The van der Waals surface area contributed by atoms with Gasteiger partial charge in [0.2, 0.25) is 0 Å². The fourth-order valence-corrected chi connectivity index (χ4v) is 2.41. The van der Waals surface area contributed by atoms with Gasteiger partial charge in [-0.15, -0.1) is 0 Å². The van der Waals surface area contributed by atoms with Crippen molar-refractivity contribution in [3.8, 4) is 0 Å². The molecule has 0 saturated carbocycles. The number of guanidine groups is 1. The van der Waals surface area contributed by atoms with Gasteiger partial charge in [-0.05, 0) is 31.8 Å². The molecule has 0 bridgehead atoms. The van der Waals surface area contributed by atoms with E-state index < -0.39 is 0 Å². The van der Waals surface area contributed by atoms with Gasteiger partial charge in [-0.2, -0.15) is 0 Å². The van der Waals surface area contributed by atoms with Crippen LogP contribution in [0.15, 0.2) is 4.99 Å². The maximum absolute atomic E-state index is 5.01. The molecule has 0 spiro atoms. The van der Waals surface area contributed by atoms with Crippen LogP contribution in [0.25, 0.3) is 0 Å². The number of ether oxygens (including phenoxy) is 1. The van der Waals surface area contributed by atoms with E-state index >= 15 is 0 Å². The Kier molecular flexibility index (Phi) is 8.58. The molecule has 5 heteroatoms. The minimum Gasteiger partial charge on any atom is -0.383 e. The molecule has 0 aromatic rings. The zero-order chi connectivity index (χ0) is 13.9. The van der Waals surface area contributed by atoms with Crippen LogP contribution in [0, 0.1) is 5.92 Å². The Hall–Kier alpha value is -0.810. The molecular formula is C14H30N4O. The SMILES string of the molecule is CN=C(NCCOC)NCC(C)CN1CCCCC1. The number of piperidine rings is 1. The predicted molar refractivity (Wildman–Crippen MR) is 80.7 cm³/mol. The Morgan fingerprint density at radius 2 is 2.00 bits per heavy atom. The maximum atomic E-state index is 5.01. The number of hydrogen-bond acceptors (Lipinski definition) is 3. The highest BCUT2D eigenvalue weighted by Gasteiger charge is 2.13. The second kappa shape index (κ2) is 10.0. The van der Waals surface area contributed by atoms with Gasteiger partial charge in [-0.25, -0.2) is 0 Å². The first-order chi connectivity index (χ1) is 9.26. The number of methoxy groups -OCH3 is 1. The molecule has 1 fully saturated rings. The van der Waals surface area contributed by atoms with Gasteiger partial charge >= 0.3 is 0 Å². The van der Waals surface area contributed by atoms with Crippen LogP contribution in [-0.2, 0) is 4.74 Å². The van der Waals surface area contributed by atoms with Crippen LogP contribution in [0.1, 0.15) is 26.2 Å². The summed E-state index contributed by atoms with van der Waals surface area (Å²) >= 11 is 0. The van der Waals surface area contributed by atoms with Crippen molar-refractivity contribution < 1.29 is 4.74 Å². The molecule has 1 atom stereocenters. The number of rotatable bonds is 7. The van der Waals surface area contributed by atoms with Gasteiger partial charge in [0.15, 0.2) is 5.96 Å². The van der Waals surface area contributed by atoms with Crippen LogP contribution < -0.4 is 10.6 Å². The van der Waals surface area contributed by atoms with E-state index in [0.717, 1.165) is 19.0 Å². The van der Waals surface area contributed by atoms with Crippen molar-refractivity contribution in [2.75, 3.05) is 53.5 Å². The minimum atomic E-state index is 0.638. The van der Waals surface area contributed by atoms with E-state index in [1.54, 1.807) is 14.2 Å². The van der Waals surface area contributed by atoms with Crippen molar-refractivity contribution in [2.24, 2.45) is 10.9 Å². The normalized spacial score (nSPS) is 19.2. The molecule has 0 aliphatic carbocycles. The highest BCUT2D eigenvalue weighted by molar-refractivity contribution is 5.79. The number of nitrogens with zero attached hydrogens (tertiary/aromatic N) is 2. The highest BCUT2D eigenvalue weighted by Crippen LogP contribution is 2.10. The van der Waals surface area contributed by atoms with Crippen molar-refractivity contribution in [3.05, 3.63) is 0 Å². The first-order valence-electron chi connectivity index (χ1n) is 7.42. The summed E-state index contributed by atoms with van der Waals surface area (Å²) in [6, 6.07) is 0. The van der Waals surface area contributed by atoms with E-state index in [-0.39, 0.29) is 0 Å². The molecule has 0 amide bonds. The standard InChI is InChI=1S/C14H30N4O/c1-13(12-18-8-5-4-6-9-18)11-17-14(15-2)16-7-10-19-3/h13H,4-12H2,1-3H3,(H2,15,16,17). The summed E-state index contributed by atoms with van der Waals surface area (Å²) in [5, 5.41) is 6.60. The minimum absolute atomic E-state index is 0.638. The van der Waals surface area contributed by atoms with E-state index in [4.69, 9.17) is 4.74 Å². The quantitative estimate of drug-likeness (QED) is 0.410. The number of aliphatic imine (C=N–C) groups is 1. The van der Waals surface area contributed by atoms with Crippen LogP contribution >= 0.6 is 0 Å². The van der Waals surface area contributed by atoms with E-state index in [2.05, 4.69) is 27.4 Å².